The van der Waals surface area contributed by atoms with Crippen LogP contribution in [0.4, 0.5) is 5.69 Å². The molecule has 3 aromatic rings. The van der Waals surface area contributed by atoms with E-state index in [0.29, 0.717) is 20.8 Å². The van der Waals surface area contributed by atoms with Crippen LogP contribution in [0.25, 0.3) is 10.1 Å². The van der Waals surface area contributed by atoms with Gasteiger partial charge >= 0.3 is 0 Å². The van der Waals surface area contributed by atoms with Crippen LogP contribution in [0.3, 0.4) is 0 Å². The van der Waals surface area contributed by atoms with Crippen LogP contribution in [0.2, 0.25) is 5.02 Å². The van der Waals surface area contributed by atoms with Crippen LogP contribution >= 0.6 is 42.1 Å². The van der Waals surface area contributed by atoms with Crippen LogP contribution in [-0.4, -0.2) is 0 Å². The first kappa shape index (κ1) is 21.7. The largest absolute Gasteiger partial charge is 0.330 e. The lowest BCUT2D eigenvalue weighted by atomic mass is 10.2. The Morgan fingerprint density at radius 2 is 1.31 bits per heavy atom. The smallest absolute Gasteiger partial charge is 0.216 e. The number of halogens is 3. The minimum Gasteiger partial charge on any atom is -0.330 e. The fraction of sp³-hybridized carbons (Fsp3) is 0.0435. The molecule has 0 saturated heterocycles. The predicted molar refractivity (Wildman–Crippen MR) is 128 cm³/mol. The monoisotopic (exact) mass is 461 g/mol. The second kappa shape index (κ2) is 9.69. The predicted octanol–water partition coefficient (Wildman–Crippen LogP) is 8.81. The van der Waals surface area contributed by atoms with Gasteiger partial charge in [0.15, 0.2) is 0 Å². The highest BCUT2D eigenvalue weighted by molar-refractivity contribution is 7.72. The third-order valence-corrected chi connectivity index (χ3v) is 7.26. The lowest BCUT2D eigenvalue weighted by Crippen LogP contribution is -1.96. The van der Waals surface area contributed by atoms with Gasteiger partial charge in [-0.05, 0) is 41.8 Å². The normalized spacial score (nSPS) is 14.3. The lowest BCUT2D eigenvalue weighted by Gasteiger charge is -2.17. The zero-order valence-corrected chi connectivity index (χ0v) is 18.8. The van der Waals surface area contributed by atoms with Crippen molar-refractivity contribution in [3.05, 3.63) is 112 Å². The van der Waals surface area contributed by atoms with E-state index in [1.165, 1.54) is 11.6 Å². The summed E-state index contributed by atoms with van der Waals surface area (Å²) in [6, 6.07) is 24.1. The quantitative estimate of drug-likeness (QED) is 0.371. The number of nitrogens with one attached hydrogen (secondary N) is 1. The Morgan fingerprint density at radius 3 is 1.76 bits per heavy atom. The fourth-order valence-electron chi connectivity index (χ4n) is 2.72. The topological polar surface area (TPSA) is 29.1 Å². The molecule has 0 radical (unpaired) electrons. The van der Waals surface area contributed by atoms with Gasteiger partial charge in [0.05, 0.1) is 10.1 Å². The molecule has 0 saturated carbocycles. The molecule has 29 heavy (non-hydrogen) atoms. The highest BCUT2D eigenvalue weighted by Crippen LogP contribution is 2.54. The van der Waals surface area contributed by atoms with Gasteiger partial charge in [-0.15, -0.1) is 0 Å². The molecule has 6 heteroatoms. The van der Waals surface area contributed by atoms with Gasteiger partial charge in [0, 0.05) is 22.3 Å². The van der Waals surface area contributed by atoms with Gasteiger partial charge in [-0.25, -0.2) is 0 Å². The van der Waals surface area contributed by atoms with Crippen molar-refractivity contribution < 1.29 is 4.57 Å². The molecule has 3 aromatic carbocycles. The van der Waals surface area contributed by atoms with E-state index in [-0.39, 0.29) is 0 Å². The Hall–Kier alpha value is -1.96. The molecule has 0 aliphatic heterocycles. The van der Waals surface area contributed by atoms with Crippen LogP contribution in [0.1, 0.15) is 16.7 Å². The maximum Gasteiger partial charge on any atom is 0.216 e. The van der Waals surface area contributed by atoms with Crippen molar-refractivity contribution >= 4 is 57.8 Å². The van der Waals surface area contributed by atoms with Crippen LogP contribution in [0.5, 0.6) is 0 Å². The average molecular weight is 463 g/mol. The molecule has 0 aromatic heterocycles. The molecule has 2 nitrogen and oxygen atoms in total. The maximum atomic E-state index is 13.9. The zero-order valence-electron chi connectivity index (χ0n) is 15.6. The van der Waals surface area contributed by atoms with Crippen molar-refractivity contribution in [2.24, 2.45) is 0 Å². The Balaban J connectivity index is 2.06. The van der Waals surface area contributed by atoms with Crippen LogP contribution in [0.15, 0.2) is 90.5 Å². The summed E-state index contributed by atoms with van der Waals surface area (Å²) >= 11 is 19.1. The minimum absolute atomic E-state index is 0.377. The number of hydrogen-bond acceptors (Lipinski definition) is 1. The number of benzene rings is 3. The van der Waals surface area contributed by atoms with Crippen LogP contribution in [0, 0.1) is 6.92 Å². The molecule has 148 valence electrons. The first-order chi connectivity index (χ1) is 13.9. The molecule has 1 atom stereocenters. The van der Waals surface area contributed by atoms with Crippen LogP contribution in [-0.2, 0) is 4.57 Å². The molecule has 0 heterocycles. The second-order valence-electron chi connectivity index (χ2n) is 6.47. The number of aryl methyl sites for hydroxylation is 1. The lowest BCUT2D eigenvalue weighted by molar-refractivity contribution is 0.589. The summed E-state index contributed by atoms with van der Waals surface area (Å²) in [7, 11) is -3.31. The summed E-state index contributed by atoms with van der Waals surface area (Å²) in [5.74, 6) is 3.06. The molecular weight excluding hydrogens is 444 g/mol. The molecule has 3 rings (SSSR count). The molecule has 0 aliphatic carbocycles. The van der Waals surface area contributed by atoms with Crippen LogP contribution < -0.4 is 5.09 Å². The van der Waals surface area contributed by atoms with Crippen molar-refractivity contribution in [1.82, 2.24) is 0 Å². The molecule has 0 fully saturated rings. The van der Waals surface area contributed by atoms with Crippen molar-refractivity contribution in [3.8, 4) is 0 Å². The number of rotatable bonds is 6. The van der Waals surface area contributed by atoms with Crippen molar-refractivity contribution in [1.29, 1.82) is 0 Å². The van der Waals surface area contributed by atoms with Gasteiger partial charge in [-0.1, -0.05) is 95.5 Å². The number of anilines is 1. The van der Waals surface area contributed by atoms with E-state index in [1.54, 1.807) is 18.2 Å². The summed E-state index contributed by atoms with van der Waals surface area (Å²) in [5.41, 5.74) is 3.10. The molecule has 1 unspecified atom stereocenters. The van der Waals surface area contributed by atoms with Crippen molar-refractivity contribution in [2.75, 3.05) is 5.09 Å². The first-order valence-electron chi connectivity index (χ1n) is 8.88. The highest BCUT2D eigenvalue weighted by Gasteiger charge is 2.20. The van der Waals surface area contributed by atoms with E-state index in [2.05, 4.69) is 5.09 Å². The molecule has 0 bridgehead atoms. The summed E-state index contributed by atoms with van der Waals surface area (Å²) in [6.07, 6.45) is 0. The van der Waals surface area contributed by atoms with Crippen molar-refractivity contribution in [3.63, 3.8) is 0 Å². The van der Waals surface area contributed by atoms with Gasteiger partial charge in [0.2, 0.25) is 7.29 Å². The SMILES string of the molecule is Cc1cc(Cl)ccc1NP(=O)(C=C(Cl)c1ccccc1)/C=C(\Cl)c1ccccc1. The Kier molecular flexibility index (Phi) is 7.27. The molecule has 1 N–H and O–H groups in total. The van der Waals surface area contributed by atoms with Gasteiger partial charge < -0.3 is 5.09 Å². The maximum absolute atomic E-state index is 13.9. The van der Waals surface area contributed by atoms with E-state index in [9.17, 15) is 4.57 Å². The van der Waals surface area contributed by atoms with E-state index in [0.717, 1.165) is 16.7 Å². The van der Waals surface area contributed by atoms with Crippen molar-refractivity contribution in [2.45, 2.75) is 6.92 Å². The third-order valence-electron chi connectivity index (χ3n) is 4.19. The van der Waals surface area contributed by atoms with E-state index in [4.69, 9.17) is 34.8 Å². The number of hydrogen-bond donors (Lipinski definition) is 1. The van der Waals surface area contributed by atoms with E-state index < -0.39 is 7.29 Å². The highest BCUT2D eigenvalue weighted by atomic mass is 35.5. The average Bonchev–Trinajstić information content (AvgIpc) is 2.71. The first-order valence-corrected chi connectivity index (χ1v) is 11.9. The standard InChI is InChI=1S/C23H19Cl3NOP/c1-17-14-20(24)12-13-23(17)27-29(28,15-21(25)18-8-4-2-5-9-18)16-22(26)19-10-6-3-7-11-19/h2-16H,1H3,(H,27,28)/b21-15-,22-16?. The molecule has 0 aliphatic rings. The Bertz CT molecular complexity index is 1040. The van der Waals surface area contributed by atoms with Gasteiger partial charge in [0.1, 0.15) is 0 Å². The zero-order chi connectivity index (χ0) is 20.9. The molecular formula is C23H19Cl3NOP. The summed E-state index contributed by atoms with van der Waals surface area (Å²) in [5, 5.41) is 4.49. The molecule has 0 spiro atoms. The third kappa shape index (κ3) is 6.01. The fourth-order valence-corrected chi connectivity index (χ4v) is 5.87. The Labute approximate surface area is 186 Å². The summed E-state index contributed by atoms with van der Waals surface area (Å²) in [4.78, 5) is 0. The van der Waals surface area contributed by atoms with E-state index in [1.807, 2.05) is 67.6 Å². The molecule has 0 amide bonds. The Morgan fingerprint density at radius 1 is 0.828 bits per heavy atom. The van der Waals surface area contributed by atoms with Gasteiger partial charge in [-0.3, -0.25) is 4.57 Å². The summed E-state index contributed by atoms with van der Waals surface area (Å²) in [6.45, 7) is 1.89. The second-order valence-corrected chi connectivity index (χ2v) is 9.88. The van der Waals surface area contributed by atoms with Gasteiger partial charge in [0.25, 0.3) is 0 Å². The minimum atomic E-state index is -3.31. The van der Waals surface area contributed by atoms with E-state index >= 15 is 0 Å². The van der Waals surface area contributed by atoms with Gasteiger partial charge in [-0.2, -0.15) is 0 Å². The summed E-state index contributed by atoms with van der Waals surface area (Å²) < 4.78 is 13.9.